The molecule has 0 atom stereocenters. The highest BCUT2D eigenvalue weighted by molar-refractivity contribution is 7.90. The third kappa shape index (κ3) is 3.55. The van der Waals surface area contributed by atoms with Crippen LogP contribution in [0.4, 0.5) is 5.82 Å². The van der Waals surface area contributed by atoms with Gasteiger partial charge in [-0.3, -0.25) is 0 Å². The molecule has 5 nitrogen and oxygen atoms in total. The molecule has 0 saturated heterocycles. The number of sulfone groups is 1. The van der Waals surface area contributed by atoms with Gasteiger partial charge in [-0.2, -0.15) is 0 Å². The van der Waals surface area contributed by atoms with Crippen molar-refractivity contribution in [1.29, 1.82) is 0 Å². The van der Waals surface area contributed by atoms with E-state index < -0.39 is 9.84 Å². The lowest BCUT2D eigenvalue weighted by atomic mass is 9.95. The van der Waals surface area contributed by atoms with Crippen LogP contribution in [0.25, 0.3) is 0 Å². The Balaban J connectivity index is 2.20. The first-order valence-electron chi connectivity index (χ1n) is 5.96. The average Bonchev–Trinajstić information content (AvgIpc) is 2.28. The zero-order chi connectivity index (χ0) is 13.2. The van der Waals surface area contributed by atoms with Gasteiger partial charge in [0, 0.05) is 18.4 Å². The molecule has 1 aliphatic carbocycles. The van der Waals surface area contributed by atoms with Crippen molar-refractivity contribution in [3.05, 3.63) is 11.2 Å². The Labute approximate surface area is 112 Å². The van der Waals surface area contributed by atoms with Gasteiger partial charge in [0.15, 0.2) is 0 Å². The molecule has 0 unspecified atom stereocenters. The Hall–Kier alpha value is -0.880. The van der Waals surface area contributed by atoms with E-state index in [-0.39, 0.29) is 10.3 Å². The summed E-state index contributed by atoms with van der Waals surface area (Å²) >= 11 is 5.82. The molecule has 1 saturated carbocycles. The van der Waals surface area contributed by atoms with Gasteiger partial charge in [-0.15, -0.1) is 0 Å². The van der Waals surface area contributed by atoms with Crippen LogP contribution in [0.1, 0.15) is 32.1 Å². The third-order valence-corrected chi connectivity index (χ3v) is 4.00. The predicted octanol–water partition coefficient (Wildman–Crippen LogP) is 2.28. The van der Waals surface area contributed by atoms with E-state index in [1.807, 2.05) is 0 Å². The molecule has 1 fully saturated rings. The zero-order valence-electron chi connectivity index (χ0n) is 10.2. The summed E-state index contributed by atoms with van der Waals surface area (Å²) in [6, 6.07) is 1.90. The first-order valence-corrected chi connectivity index (χ1v) is 8.23. The molecule has 1 aromatic rings. The summed E-state index contributed by atoms with van der Waals surface area (Å²) in [6.45, 7) is 0. The van der Waals surface area contributed by atoms with Crippen LogP contribution in [-0.4, -0.2) is 30.7 Å². The van der Waals surface area contributed by atoms with Crippen molar-refractivity contribution in [2.24, 2.45) is 0 Å². The van der Waals surface area contributed by atoms with Crippen molar-refractivity contribution >= 4 is 27.3 Å². The van der Waals surface area contributed by atoms with Crippen LogP contribution in [0.5, 0.6) is 0 Å². The Bertz CT molecular complexity index is 527. The van der Waals surface area contributed by atoms with Crippen LogP contribution in [0.15, 0.2) is 11.2 Å². The fourth-order valence-electron chi connectivity index (χ4n) is 2.09. The number of aromatic nitrogens is 2. The minimum atomic E-state index is -3.44. The maximum Gasteiger partial charge on any atom is 0.250 e. The Morgan fingerprint density at radius 2 is 1.94 bits per heavy atom. The van der Waals surface area contributed by atoms with Gasteiger partial charge in [-0.1, -0.05) is 30.9 Å². The van der Waals surface area contributed by atoms with Gasteiger partial charge in [0.05, 0.1) is 0 Å². The van der Waals surface area contributed by atoms with E-state index in [1.54, 1.807) is 6.07 Å². The Morgan fingerprint density at radius 3 is 2.56 bits per heavy atom. The Morgan fingerprint density at radius 1 is 1.28 bits per heavy atom. The molecular weight excluding hydrogens is 274 g/mol. The summed E-state index contributed by atoms with van der Waals surface area (Å²) in [4.78, 5) is 7.73. The summed E-state index contributed by atoms with van der Waals surface area (Å²) in [7, 11) is -3.44. The van der Waals surface area contributed by atoms with Crippen molar-refractivity contribution < 1.29 is 8.42 Å². The van der Waals surface area contributed by atoms with E-state index in [0.29, 0.717) is 11.9 Å². The van der Waals surface area contributed by atoms with Gasteiger partial charge >= 0.3 is 0 Å². The summed E-state index contributed by atoms with van der Waals surface area (Å²) in [6.07, 6.45) is 6.87. The summed E-state index contributed by atoms with van der Waals surface area (Å²) in [5.41, 5.74) is 0. The molecule has 0 aromatic carbocycles. The molecule has 1 heterocycles. The molecule has 7 heteroatoms. The molecule has 0 radical (unpaired) electrons. The maximum atomic E-state index is 11.4. The highest BCUT2D eigenvalue weighted by Gasteiger charge is 2.17. The van der Waals surface area contributed by atoms with Gasteiger partial charge in [-0.05, 0) is 12.8 Å². The second-order valence-electron chi connectivity index (χ2n) is 4.61. The lowest BCUT2D eigenvalue weighted by Gasteiger charge is -2.23. The minimum absolute atomic E-state index is 0.142. The van der Waals surface area contributed by atoms with Crippen molar-refractivity contribution in [3.8, 4) is 0 Å². The van der Waals surface area contributed by atoms with Crippen LogP contribution >= 0.6 is 11.6 Å². The quantitative estimate of drug-likeness (QED) is 0.683. The van der Waals surface area contributed by atoms with Gasteiger partial charge in [0.25, 0.3) is 0 Å². The molecule has 1 aliphatic rings. The predicted molar refractivity (Wildman–Crippen MR) is 70.6 cm³/mol. The van der Waals surface area contributed by atoms with Crippen molar-refractivity contribution in [2.45, 2.75) is 43.3 Å². The molecule has 0 bridgehead atoms. The molecule has 0 amide bonds. The number of nitrogens with zero attached hydrogens (tertiary/aromatic N) is 2. The van der Waals surface area contributed by atoms with Crippen LogP contribution in [-0.2, 0) is 9.84 Å². The first-order chi connectivity index (χ1) is 8.45. The standard InChI is InChI=1S/C11H16ClN3O2S/c1-18(16,17)11-14-9(12)7-10(15-11)13-8-5-3-2-4-6-8/h7-8H,2-6H2,1H3,(H,13,14,15). The number of rotatable bonds is 3. The normalized spacial score (nSPS) is 17.7. The van der Waals surface area contributed by atoms with E-state index in [0.717, 1.165) is 19.1 Å². The number of anilines is 1. The van der Waals surface area contributed by atoms with E-state index in [1.165, 1.54) is 19.3 Å². The topological polar surface area (TPSA) is 72.0 Å². The SMILES string of the molecule is CS(=O)(=O)c1nc(Cl)cc(NC2CCCCC2)n1. The van der Waals surface area contributed by atoms with Gasteiger partial charge < -0.3 is 5.32 Å². The number of nitrogens with one attached hydrogen (secondary N) is 1. The highest BCUT2D eigenvalue weighted by Crippen LogP contribution is 2.22. The second kappa shape index (κ2) is 5.40. The van der Waals surface area contributed by atoms with Crippen LogP contribution in [0.3, 0.4) is 0 Å². The van der Waals surface area contributed by atoms with Crippen molar-refractivity contribution in [1.82, 2.24) is 9.97 Å². The van der Waals surface area contributed by atoms with E-state index in [4.69, 9.17) is 11.6 Å². The van der Waals surface area contributed by atoms with E-state index >= 15 is 0 Å². The second-order valence-corrected chi connectivity index (χ2v) is 6.91. The molecule has 1 aromatic heterocycles. The number of hydrogen-bond acceptors (Lipinski definition) is 5. The average molecular weight is 290 g/mol. The van der Waals surface area contributed by atoms with Crippen LogP contribution in [0, 0.1) is 0 Å². The largest absolute Gasteiger partial charge is 0.367 e. The van der Waals surface area contributed by atoms with Crippen molar-refractivity contribution in [2.75, 3.05) is 11.6 Å². The van der Waals surface area contributed by atoms with E-state index in [9.17, 15) is 8.42 Å². The molecule has 100 valence electrons. The number of hydrogen-bond donors (Lipinski definition) is 1. The summed E-state index contributed by atoms with van der Waals surface area (Å²) in [5, 5.41) is 3.15. The molecule has 0 aliphatic heterocycles. The van der Waals surface area contributed by atoms with Gasteiger partial charge in [0.2, 0.25) is 15.0 Å². The van der Waals surface area contributed by atoms with Gasteiger partial charge in [0.1, 0.15) is 11.0 Å². The van der Waals surface area contributed by atoms with Crippen LogP contribution in [0.2, 0.25) is 5.15 Å². The molecule has 0 spiro atoms. The smallest absolute Gasteiger partial charge is 0.250 e. The molecule has 1 N–H and O–H groups in total. The minimum Gasteiger partial charge on any atom is -0.367 e. The maximum absolute atomic E-state index is 11.4. The first kappa shape index (κ1) is 13.5. The lowest BCUT2D eigenvalue weighted by Crippen LogP contribution is -2.23. The summed E-state index contributed by atoms with van der Waals surface area (Å²) < 4.78 is 22.8. The monoisotopic (exact) mass is 289 g/mol. The Kier molecular flexibility index (Phi) is 4.07. The zero-order valence-corrected chi connectivity index (χ0v) is 11.8. The fourth-order valence-corrected chi connectivity index (χ4v) is 2.85. The highest BCUT2D eigenvalue weighted by atomic mass is 35.5. The molecule has 18 heavy (non-hydrogen) atoms. The van der Waals surface area contributed by atoms with E-state index in [2.05, 4.69) is 15.3 Å². The third-order valence-electron chi connectivity index (χ3n) is 2.96. The van der Waals surface area contributed by atoms with Gasteiger partial charge in [-0.25, -0.2) is 18.4 Å². The summed E-state index contributed by atoms with van der Waals surface area (Å²) in [5.74, 6) is 0.488. The fraction of sp³-hybridized carbons (Fsp3) is 0.636. The molecular formula is C11H16ClN3O2S. The lowest BCUT2D eigenvalue weighted by molar-refractivity contribution is 0.461. The van der Waals surface area contributed by atoms with Crippen LogP contribution < -0.4 is 5.32 Å². The molecule has 2 rings (SSSR count). The number of halogens is 1. The van der Waals surface area contributed by atoms with Crippen molar-refractivity contribution in [3.63, 3.8) is 0 Å².